The van der Waals surface area contributed by atoms with E-state index in [1.54, 1.807) is 12.3 Å². The van der Waals surface area contributed by atoms with Gasteiger partial charge < -0.3 is 4.90 Å². The topological polar surface area (TPSA) is 41.4 Å². The highest BCUT2D eigenvalue weighted by atomic mass is 35.5. The van der Waals surface area contributed by atoms with Gasteiger partial charge in [0.1, 0.15) is 0 Å². The number of benzene rings is 1. The first-order chi connectivity index (χ1) is 12.2. The molecule has 0 spiro atoms. The van der Waals surface area contributed by atoms with Crippen LogP contribution in [-0.4, -0.2) is 51.7 Å². The standard InChI is InChI=1S/C19H23ClN4O/c1-2-24-14-16(13-21-24)7-8-19(25)23-11-9-22(10-12-23)15-17-5-3-4-6-18(17)20/h3-8,13-14H,2,9-12,15H2,1H3/b8-7+. The maximum Gasteiger partial charge on any atom is 0.246 e. The maximum absolute atomic E-state index is 12.3. The van der Waals surface area contributed by atoms with Crippen LogP contribution < -0.4 is 0 Å². The van der Waals surface area contributed by atoms with Crippen molar-refractivity contribution in [2.45, 2.75) is 20.0 Å². The molecule has 6 heteroatoms. The number of carbonyl (C=O) groups is 1. The van der Waals surface area contributed by atoms with Gasteiger partial charge in [-0.15, -0.1) is 0 Å². The number of rotatable bonds is 5. The zero-order valence-corrected chi connectivity index (χ0v) is 15.2. The van der Waals surface area contributed by atoms with E-state index in [9.17, 15) is 4.79 Å². The van der Waals surface area contributed by atoms with Gasteiger partial charge in [-0.2, -0.15) is 5.10 Å². The van der Waals surface area contributed by atoms with Crippen molar-refractivity contribution in [3.8, 4) is 0 Å². The lowest BCUT2D eigenvalue weighted by Crippen LogP contribution is -2.47. The molecule has 5 nitrogen and oxygen atoms in total. The molecule has 1 saturated heterocycles. The number of hydrogen-bond acceptors (Lipinski definition) is 3. The van der Waals surface area contributed by atoms with Crippen LogP contribution in [0.2, 0.25) is 5.02 Å². The highest BCUT2D eigenvalue weighted by Gasteiger charge is 2.20. The zero-order chi connectivity index (χ0) is 17.6. The lowest BCUT2D eigenvalue weighted by molar-refractivity contribution is -0.127. The molecule has 1 aliphatic rings. The molecule has 1 aromatic carbocycles. The molecule has 0 unspecified atom stereocenters. The first-order valence-electron chi connectivity index (χ1n) is 8.61. The van der Waals surface area contributed by atoms with Crippen molar-refractivity contribution in [3.05, 3.63) is 58.9 Å². The van der Waals surface area contributed by atoms with Gasteiger partial charge in [-0.3, -0.25) is 14.4 Å². The fraction of sp³-hybridized carbons (Fsp3) is 0.368. The highest BCUT2D eigenvalue weighted by molar-refractivity contribution is 6.31. The Hall–Kier alpha value is -2.11. The molecule has 1 amide bonds. The van der Waals surface area contributed by atoms with E-state index in [0.29, 0.717) is 0 Å². The van der Waals surface area contributed by atoms with Gasteiger partial charge in [0.05, 0.1) is 6.20 Å². The van der Waals surface area contributed by atoms with Gasteiger partial charge in [0.2, 0.25) is 5.91 Å². The third-order valence-corrected chi connectivity index (χ3v) is 4.80. The maximum atomic E-state index is 12.3. The van der Waals surface area contributed by atoms with Crippen molar-refractivity contribution >= 4 is 23.6 Å². The van der Waals surface area contributed by atoms with E-state index in [1.165, 1.54) is 0 Å². The molecule has 132 valence electrons. The predicted octanol–water partition coefficient (Wildman–Crippen LogP) is 2.91. The van der Waals surface area contributed by atoms with Crippen LogP contribution in [0.4, 0.5) is 0 Å². The van der Waals surface area contributed by atoms with Crippen molar-refractivity contribution in [3.63, 3.8) is 0 Å². The van der Waals surface area contributed by atoms with E-state index in [4.69, 9.17) is 11.6 Å². The summed E-state index contributed by atoms with van der Waals surface area (Å²) in [4.78, 5) is 16.6. The van der Waals surface area contributed by atoms with Crippen LogP contribution in [0.3, 0.4) is 0 Å². The molecule has 0 atom stereocenters. The van der Waals surface area contributed by atoms with Gasteiger partial charge in [-0.1, -0.05) is 29.8 Å². The molecule has 2 heterocycles. The summed E-state index contributed by atoms with van der Waals surface area (Å²) >= 11 is 6.23. The van der Waals surface area contributed by atoms with Crippen LogP contribution in [0.15, 0.2) is 42.7 Å². The fourth-order valence-corrected chi connectivity index (χ4v) is 3.10. The quantitative estimate of drug-likeness (QED) is 0.772. The van der Waals surface area contributed by atoms with Crippen molar-refractivity contribution in [1.82, 2.24) is 19.6 Å². The summed E-state index contributed by atoms with van der Waals surface area (Å²) < 4.78 is 1.84. The van der Waals surface area contributed by atoms with Crippen molar-refractivity contribution in [2.75, 3.05) is 26.2 Å². The summed E-state index contributed by atoms with van der Waals surface area (Å²) in [6.45, 7) is 6.89. The van der Waals surface area contributed by atoms with Crippen molar-refractivity contribution < 1.29 is 4.79 Å². The Balaban J connectivity index is 1.50. The third-order valence-electron chi connectivity index (χ3n) is 4.43. The van der Waals surface area contributed by atoms with Crippen LogP contribution in [0.1, 0.15) is 18.1 Å². The molecule has 1 aromatic heterocycles. The number of hydrogen-bond donors (Lipinski definition) is 0. The molecule has 0 saturated carbocycles. The fourth-order valence-electron chi connectivity index (χ4n) is 2.91. The van der Waals surface area contributed by atoms with Crippen LogP contribution in [0.25, 0.3) is 6.08 Å². The number of halogens is 1. The SMILES string of the molecule is CCn1cc(/C=C/C(=O)N2CCN(Cc3ccccc3Cl)CC2)cn1. The lowest BCUT2D eigenvalue weighted by atomic mass is 10.2. The van der Waals surface area contributed by atoms with E-state index in [0.717, 1.165) is 55.4 Å². The average molecular weight is 359 g/mol. The third kappa shape index (κ3) is 4.71. The van der Waals surface area contributed by atoms with Crippen molar-refractivity contribution in [2.24, 2.45) is 0 Å². The van der Waals surface area contributed by atoms with Crippen LogP contribution in [0, 0.1) is 0 Å². The average Bonchev–Trinajstić information content (AvgIpc) is 3.10. The predicted molar refractivity (Wildman–Crippen MR) is 100 cm³/mol. The normalized spacial score (nSPS) is 15.8. The van der Waals surface area contributed by atoms with E-state index < -0.39 is 0 Å². The zero-order valence-electron chi connectivity index (χ0n) is 14.4. The number of aryl methyl sites for hydroxylation is 1. The molecular formula is C19H23ClN4O. The first-order valence-corrected chi connectivity index (χ1v) is 8.98. The Bertz CT molecular complexity index is 747. The smallest absolute Gasteiger partial charge is 0.246 e. The summed E-state index contributed by atoms with van der Waals surface area (Å²) in [5.41, 5.74) is 2.09. The molecule has 3 rings (SSSR count). The minimum atomic E-state index is 0.0571. The largest absolute Gasteiger partial charge is 0.337 e. The van der Waals surface area contributed by atoms with Crippen molar-refractivity contribution in [1.29, 1.82) is 0 Å². The molecule has 0 radical (unpaired) electrons. The lowest BCUT2D eigenvalue weighted by Gasteiger charge is -2.34. The van der Waals surface area contributed by atoms with Gasteiger partial charge in [0, 0.05) is 62.1 Å². The van der Waals surface area contributed by atoms with E-state index in [-0.39, 0.29) is 5.91 Å². The number of piperazine rings is 1. The van der Waals surface area contributed by atoms with Gasteiger partial charge in [-0.05, 0) is 24.6 Å². The first kappa shape index (κ1) is 17.7. The molecule has 0 bridgehead atoms. The van der Waals surface area contributed by atoms with Gasteiger partial charge in [-0.25, -0.2) is 0 Å². The summed E-state index contributed by atoms with van der Waals surface area (Å²) in [5.74, 6) is 0.0571. The Morgan fingerprint density at radius 1 is 1.24 bits per heavy atom. The van der Waals surface area contributed by atoms with Crippen LogP contribution in [0.5, 0.6) is 0 Å². The minimum Gasteiger partial charge on any atom is -0.337 e. The minimum absolute atomic E-state index is 0.0571. The molecule has 25 heavy (non-hydrogen) atoms. The second-order valence-electron chi connectivity index (χ2n) is 6.16. The molecule has 1 fully saturated rings. The van der Waals surface area contributed by atoms with Gasteiger partial charge in [0.15, 0.2) is 0 Å². The Morgan fingerprint density at radius 2 is 2.00 bits per heavy atom. The second-order valence-corrected chi connectivity index (χ2v) is 6.56. The summed E-state index contributed by atoms with van der Waals surface area (Å²) in [6.07, 6.45) is 7.18. The summed E-state index contributed by atoms with van der Waals surface area (Å²) in [7, 11) is 0. The summed E-state index contributed by atoms with van der Waals surface area (Å²) in [5, 5.41) is 5.01. The number of aromatic nitrogens is 2. The van der Waals surface area contributed by atoms with Gasteiger partial charge in [0.25, 0.3) is 0 Å². The number of amides is 1. The van der Waals surface area contributed by atoms with E-state index >= 15 is 0 Å². The summed E-state index contributed by atoms with van der Waals surface area (Å²) in [6, 6.07) is 7.92. The van der Waals surface area contributed by atoms with E-state index in [1.807, 2.05) is 47.0 Å². The molecule has 2 aromatic rings. The van der Waals surface area contributed by atoms with Crippen LogP contribution in [-0.2, 0) is 17.9 Å². The second kappa shape index (κ2) is 8.32. The molecule has 0 N–H and O–H groups in total. The number of nitrogens with zero attached hydrogens (tertiary/aromatic N) is 4. The Kier molecular flexibility index (Phi) is 5.89. The van der Waals surface area contributed by atoms with Crippen LogP contribution >= 0.6 is 11.6 Å². The molecular weight excluding hydrogens is 336 g/mol. The molecule has 0 aliphatic carbocycles. The Labute approximate surface area is 153 Å². The monoisotopic (exact) mass is 358 g/mol. The molecule has 1 aliphatic heterocycles. The van der Waals surface area contributed by atoms with Gasteiger partial charge >= 0.3 is 0 Å². The highest BCUT2D eigenvalue weighted by Crippen LogP contribution is 2.18. The number of carbonyl (C=O) groups excluding carboxylic acids is 1. The Morgan fingerprint density at radius 3 is 2.68 bits per heavy atom. The van der Waals surface area contributed by atoms with E-state index in [2.05, 4.69) is 16.1 Å².